The van der Waals surface area contributed by atoms with Crippen molar-refractivity contribution in [1.82, 2.24) is 4.90 Å². The van der Waals surface area contributed by atoms with Gasteiger partial charge in [-0.2, -0.15) is 0 Å². The predicted molar refractivity (Wildman–Crippen MR) is 68.0 cm³/mol. The van der Waals surface area contributed by atoms with E-state index in [4.69, 9.17) is 4.74 Å². The van der Waals surface area contributed by atoms with Gasteiger partial charge in [0.1, 0.15) is 5.78 Å². The first-order valence-electron chi connectivity index (χ1n) is 7.05. The highest BCUT2D eigenvalue weighted by atomic mass is 16.5. The van der Waals surface area contributed by atoms with E-state index in [-0.39, 0.29) is 5.92 Å². The minimum Gasteiger partial charge on any atom is -0.373 e. The number of rotatable bonds is 2. The normalized spacial score (nSPS) is 36.8. The molecule has 3 nitrogen and oxygen atoms in total. The number of hydrogen-bond donors (Lipinski definition) is 0. The van der Waals surface area contributed by atoms with Crippen LogP contribution in [0.15, 0.2) is 0 Å². The second-order valence-electron chi connectivity index (χ2n) is 5.74. The van der Waals surface area contributed by atoms with Gasteiger partial charge in [0.25, 0.3) is 0 Å². The summed E-state index contributed by atoms with van der Waals surface area (Å²) < 4.78 is 5.73. The molecular weight excluding hydrogens is 214 g/mol. The van der Waals surface area contributed by atoms with Crippen LogP contribution in [0.3, 0.4) is 0 Å². The van der Waals surface area contributed by atoms with Crippen LogP contribution in [-0.2, 0) is 9.53 Å². The third-order valence-electron chi connectivity index (χ3n) is 3.90. The molecule has 3 unspecified atom stereocenters. The van der Waals surface area contributed by atoms with E-state index in [0.717, 1.165) is 38.9 Å². The minimum atomic E-state index is 0.287. The Balaban J connectivity index is 1.88. The van der Waals surface area contributed by atoms with Crippen molar-refractivity contribution in [3.8, 4) is 0 Å². The Bertz CT molecular complexity index is 257. The second-order valence-corrected chi connectivity index (χ2v) is 5.74. The Kier molecular flexibility index (Phi) is 4.57. The van der Waals surface area contributed by atoms with Crippen molar-refractivity contribution in [2.75, 3.05) is 19.6 Å². The molecule has 1 saturated heterocycles. The summed E-state index contributed by atoms with van der Waals surface area (Å²) >= 11 is 0. The summed E-state index contributed by atoms with van der Waals surface area (Å²) in [5.74, 6) is 0.782. The molecule has 17 heavy (non-hydrogen) atoms. The van der Waals surface area contributed by atoms with Crippen LogP contribution in [0, 0.1) is 5.92 Å². The van der Waals surface area contributed by atoms with E-state index in [1.165, 1.54) is 12.8 Å². The average molecular weight is 239 g/mol. The number of carbonyl (C=O) groups excluding carboxylic acids is 1. The van der Waals surface area contributed by atoms with Crippen LogP contribution in [0.5, 0.6) is 0 Å². The van der Waals surface area contributed by atoms with Crippen LogP contribution in [-0.4, -0.2) is 42.5 Å². The first-order valence-corrected chi connectivity index (χ1v) is 7.05. The van der Waals surface area contributed by atoms with E-state index >= 15 is 0 Å². The maximum absolute atomic E-state index is 12.0. The lowest BCUT2D eigenvalue weighted by Gasteiger charge is -2.36. The summed E-state index contributed by atoms with van der Waals surface area (Å²) in [5.41, 5.74) is 0. The van der Waals surface area contributed by atoms with Crippen molar-refractivity contribution < 1.29 is 9.53 Å². The molecule has 3 atom stereocenters. The van der Waals surface area contributed by atoms with Crippen molar-refractivity contribution in [1.29, 1.82) is 0 Å². The van der Waals surface area contributed by atoms with E-state index in [1.807, 2.05) is 0 Å². The molecule has 98 valence electrons. The molecule has 0 aromatic heterocycles. The summed E-state index contributed by atoms with van der Waals surface area (Å²) in [6.45, 7) is 7.16. The van der Waals surface area contributed by atoms with Crippen LogP contribution < -0.4 is 0 Å². The topological polar surface area (TPSA) is 29.5 Å². The minimum absolute atomic E-state index is 0.287. The summed E-state index contributed by atoms with van der Waals surface area (Å²) in [6.07, 6.45) is 6.08. The maximum Gasteiger partial charge on any atom is 0.137 e. The zero-order valence-electron chi connectivity index (χ0n) is 11.2. The average Bonchev–Trinajstić information content (AvgIpc) is 2.43. The molecule has 0 N–H and O–H groups in total. The van der Waals surface area contributed by atoms with Gasteiger partial charge in [-0.3, -0.25) is 9.69 Å². The van der Waals surface area contributed by atoms with Crippen molar-refractivity contribution in [2.45, 2.75) is 58.2 Å². The molecule has 0 amide bonds. The number of Topliss-reactive ketones (excluding diaryl/α,β-unsaturated/α-hetero) is 1. The molecule has 0 aromatic rings. The fourth-order valence-corrected chi connectivity index (χ4v) is 3.17. The standard InChI is InChI=1S/C14H25NO2/c1-11-8-15(9-12(2)17-11)10-13-6-4-3-5-7-14(13)16/h11-13H,3-10H2,1-2H3. The lowest BCUT2D eigenvalue weighted by Crippen LogP contribution is -2.47. The van der Waals surface area contributed by atoms with E-state index in [9.17, 15) is 4.79 Å². The molecule has 0 radical (unpaired) electrons. The highest BCUT2D eigenvalue weighted by molar-refractivity contribution is 5.81. The Hall–Kier alpha value is -0.410. The maximum atomic E-state index is 12.0. The van der Waals surface area contributed by atoms with Crippen LogP contribution >= 0.6 is 0 Å². The fraction of sp³-hybridized carbons (Fsp3) is 0.929. The molecule has 2 aliphatic rings. The van der Waals surface area contributed by atoms with Gasteiger partial charge in [0.05, 0.1) is 12.2 Å². The summed E-state index contributed by atoms with van der Waals surface area (Å²) in [4.78, 5) is 14.4. The molecule has 2 rings (SSSR count). The molecule has 1 aliphatic heterocycles. The number of nitrogens with zero attached hydrogens (tertiary/aromatic N) is 1. The smallest absolute Gasteiger partial charge is 0.137 e. The Morgan fingerprint density at radius 3 is 2.59 bits per heavy atom. The van der Waals surface area contributed by atoms with Crippen molar-refractivity contribution in [2.24, 2.45) is 5.92 Å². The van der Waals surface area contributed by atoms with Gasteiger partial charge in [-0.1, -0.05) is 12.8 Å². The molecule has 2 fully saturated rings. The van der Waals surface area contributed by atoms with E-state index in [2.05, 4.69) is 18.7 Å². The third kappa shape index (κ3) is 3.78. The van der Waals surface area contributed by atoms with Gasteiger partial charge >= 0.3 is 0 Å². The molecular formula is C14H25NO2. The van der Waals surface area contributed by atoms with Gasteiger partial charge in [0.15, 0.2) is 0 Å². The first-order chi connectivity index (χ1) is 8.15. The van der Waals surface area contributed by atoms with Crippen LogP contribution in [0.25, 0.3) is 0 Å². The summed E-state index contributed by atoms with van der Waals surface area (Å²) in [6, 6.07) is 0. The molecule has 1 saturated carbocycles. The second kappa shape index (κ2) is 5.96. The van der Waals surface area contributed by atoms with Gasteiger partial charge in [-0.05, 0) is 26.7 Å². The number of hydrogen-bond acceptors (Lipinski definition) is 3. The van der Waals surface area contributed by atoms with Crippen LogP contribution in [0.1, 0.15) is 46.0 Å². The van der Waals surface area contributed by atoms with Crippen molar-refractivity contribution >= 4 is 5.78 Å². The predicted octanol–water partition coefficient (Wildman–Crippen LogP) is 2.25. The molecule has 0 aromatic carbocycles. The van der Waals surface area contributed by atoms with E-state index in [0.29, 0.717) is 18.0 Å². The molecule has 1 aliphatic carbocycles. The van der Waals surface area contributed by atoms with Gasteiger partial charge < -0.3 is 4.74 Å². The number of ketones is 1. The highest BCUT2D eigenvalue weighted by Gasteiger charge is 2.27. The van der Waals surface area contributed by atoms with Crippen LogP contribution in [0.2, 0.25) is 0 Å². The Labute approximate surface area is 105 Å². The summed E-state index contributed by atoms with van der Waals surface area (Å²) in [5, 5.41) is 0. The quantitative estimate of drug-likeness (QED) is 0.692. The molecule has 1 heterocycles. The third-order valence-corrected chi connectivity index (χ3v) is 3.90. The van der Waals surface area contributed by atoms with E-state index < -0.39 is 0 Å². The number of carbonyl (C=O) groups is 1. The van der Waals surface area contributed by atoms with Gasteiger partial charge in [0, 0.05) is 32.0 Å². The van der Waals surface area contributed by atoms with Gasteiger partial charge in [-0.25, -0.2) is 0 Å². The lowest BCUT2D eigenvalue weighted by atomic mass is 9.97. The van der Waals surface area contributed by atoms with Crippen molar-refractivity contribution in [3.63, 3.8) is 0 Å². The molecule has 0 bridgehead atoms. The molecule has 0 spiro atoms. The van der Waals surface area contributed by atoms with Gasteiger partial charge in [-0.15, -0.1) is 0 Å². The van der Waals surface area contributed by atoms with Crippen molar-refractivity contribution in [3.05, 3.63) is 0 Å². The zero-order valence-corrected chi connectivity index (χ0v) is 11.2. The SMILES string of the molecule is CC1CN(CC2CCCCCC2=O)CC(C)O1. The van der Waals surface area contributed by atoms with Gasteiger partial charge in [0.2, 0.25) is 0 Å². The zero-order chi connectivity index (χ0) is 12.3. The monoisotopic (exact) mass is 239 g/mol. The van der Waals surface area contributed by atoms with Crippen LogP contribution in [0.4, 0.5) is 0 Å². The largest absolute Gasteiger partial charge is 0.373 e. The summed E-state index contributed by atoms with van der Waals surface area (Å²) in [7, 11) is 0. The highest BCUT2D eigenvalue weighted by Crippen LogP contribution is 2.22. The van der Waals surface area contributed by atoms with E-state index in [1.54, 1.807) is 0 Å². The number of morpholine rings is 1. The Morgan fingerprint density at radius 1 is 1.18 bits per heavy atom. The molecule has 3 heteroatoms. The lowest BCUT2D eigenvalue weighted by molar-refractivity contribution is -0.125. The Morgan fingerprint density at radius 2 is 1.88 bits per heavy atom. The fourth-order valence-electron chi connectivity index (χ4n) is 3.17. The number of ether oxygens (including phenoxy) is 1. The first kappa shape index (κ1) is 13.0.